The van der Waals surface area contributed by atoms with Crippen LogP contribution in [0, 0.1) is 17.8 Å². The number of carbonyl (C=O) groups excluding carboxylic acids is 2. The predicted molar refractivity (Wildman–Crippen MR) is 114 cm³/mol. The van der Waals surface area contributed by atoms with Gasteiger partial charge >= 0.3 is 6.09 Å². The fraction of sp³-hybridized carbons (Fsp3) is 0.591. The molecule has 8 heteroatoms. The smallest absolute Gasteiger partial charge is 0.410 e. The molecule has 162 valence electrons. The van der Waals surface area contributed by atoms with Gasteiger partial charge < -0.3 is 25.6 Å². The molecular weight excluding hydrogens is 382 g/mol. The summed E-state index contributed by atoms with van der Waals surface area (Å²) in [6, 6.07) is 3.53. The number of pyridine rings is 1. The largest absolute Gasteiger partial charge is 0.446 e. The number of anilines is 1. The van der Waals surface area contributed by atoms with E-state index in [4.69, 9.17) is 10.5 Å². The van der Waals surface area contributed by atoms with E-state index < -0.39 is 0 Å². The summed E-state index contributed by atoms with van der Waals surface area (Å²) in [5.74, 6) is 2.07. The van der Waals surface area contributed by atoms with Crippen LogP contribution >= 0.6 is 0 Å². The molecule has 2 aliphatic heterocycles. The van der Waals surface area contributed by atoms with Crippen molar-refractivity contribution < 1.29 is 14.3 Å². The van der Waals surface area contributed by atoms with E-state index in [1.165, 1.54) is 6.08 Å². The first kappa shape index (κ1) is 20.7. The van der Waals surface area contributed by atoms with Gasteiger partial charge in [0.05, 0.1) is 0 Å². The fourth-order valence-corrected chi connectivity index (χ4v) is 4.65. The van der Waals surface area contributed by atoms with Gasteiger partial charge in [-0.3, -0.25) is 4.79 Å². The Kier molecular flexibility index (Phi) is 6.22. The van der Waals surface area contributed by atoms with Gasteiger partial charge in [-0.05, 0) is 67.8 Å². The topological polar surface area (TPSA) is 101 Å². The molecule has 0 spiro atoms. The third-order valence-electron chi connectivity index (χ3n) is 6.58. The Morgan fingerprint density at radius 3 is 2.67 bits per heavy atom. The van der Waals surface area contributed by atoms with Crippen LogP contribution in [0.15, 0.2) is 24.4 Å². The molecule has 1 aromatic heterocycles. The first-order valence-electron chi connectivity index (χ1n) is 10.8. The van der Waals surface area contributed by atoms with Crippen LogP contribution < -0.4 is 11.1 Å². The predicted octanol–water partition coefficient (Wildman–Crippen LogP) is 1.59. The second-order valence-electron chi connectivity index (χ2n) is 8.71. The number of nitrogen functional groups attached to an aromatic ring is 1. The van der Waals surface area contributed by atoms with Gasteiger partial charge in [-0.25, -0.2) is 9.78 Å². The molecule has 30 heavy (non-hydrogen) atoms. The molecule has 2 unspecified atom stereocenters. The van der Waals surface area contributed by atoms with E-state index in [0.717, 1.165) is 51.0 Å². The van der Waals surface area contributed by atoms with Crippen molar-refractivity contribution in [2.24, 2.45) is 17.8 Å². The van der Waals surface area contributed by atoms with E-state index in [-0.39, 0.29) is 18.1 Å². The average Bonchev–Trinajstić information content (AvgIpc) is 3.17. The Morgan fingerprint density at radius 1 is 1.27 bits per heavy atom. The van der Waals surface area contributed by atoms with Crippen molar-refractivity contribution in [3.8, 4) is 0 Å². The van der Waals surface area contributed by atoms with Crippen LogP contribution in [0.25, 0.3) is 6.08 Å². The highest BCUT2D eigenvalue weighted by atomic mass is 16.6. The average molecular weight is 414 g/mol. The number of nitrogens with one attached hydrogen (secondary N) is 1. The Morgan fingerprint density at radius 2 is 2.00 bits per heavy atom. The summed E-state index contributed by atoms with van der Waals surface area (Å²) in [7, 11) is 2.10. The molecule has 2 amide bonds. The van der Waals surface area contributed by atoms with Crippen LogP contribution in [0.5, 0.6) is 0 Å². The number of carbonyl (C=O) groups is 2. The number of amides is 2. The summed E-state index contributed by atoms with van der Waals surface area (Å²) >= 11 is 0. The number of ether oxygens (including phenoxy) is 1. The molecule has 3 fully saturated rings. The number of nitrogens with zero attached hydrogens (tertiary/aromatic N) is 3. The van der Waals surface area contributed by atoms with Crippen molar-refractivity contribution in [1.29, 1.82) is 0 Å². The molecule has 0 bridgehead atoms. The van der Waals surface area contributed by atoms with Crippen LogP contribution in [0.2, 0.25) is 0 Å². The number of aromatic nitrogens is 1. The lowest BCUT2D eigenvalue weighted by atomic mass is 10.1. The van der Waals surface area contributed by atoms with Crippen LogP contribution in [0.1, 0.15) is 24.8 Å². The van der Waals surface area contributed by atoms with E-state index in [9.17, 15) is 9.59 Å². The van der Waals surface area contributed by atoms with E-state index in [1.807, 2.05) is 11.0 Å². The SMILES string of the molecule is CN1CCC(OC(=O)N2CC3C(CCNC(=O)/C=C/c4ccc(N)nc4)C3C2)CC1. The molecule has 1 aliphatic carbocycles. The summed E-state index contributed by atoms with van der Waals surface area (Å²) in [5, 5.41) is 2.94. The van der Waals surface area contributed by atoms with Gasteiger partial charge in [0, 0.05) is 45.0 Å². The van der Waals surface area contributed by atoms with Crippen LogP contribution in [-0.4, -0.2) is 72.7 Å². The second kappa shape index (κ2) is 9.04. The van der Waals surface area contributed by atoms with Crippen LogP contribution in [0.3, 0.4) is 0 Å². The van der Waals surface area contributed by atoms with Gasteiger partial charge in [0.2, 0.25) is 5.91 Å². The van der Waals surface area contributed by atoms with E-state index >= 15 is 0 Å². The maximum absolute atomic E-state index is 12.4. The van der Waals surface area contributed by atoms with Crippen LogP contribution in [0.4, 0.5) is 10.6 Å². The maximum atomic E-state index is 12.4. The lowest BCUT2D eigenvalue weighted by Gasteiger charge is -2.30. The van der Waals surface area contributed by atoms with E-state index in [2.05, 4.69) is 22.2 Å². The molecule has 0 aromatic carbocycles. The number of rotatable bonds is 6. The lowest BCUT2D eigenvalue weighted by molar-refractivity contribution is -0.116. The van der Waals surface area contributed by atoms with Gasteiger partial charge in [-0.1, -0.05) is 0 Å². The normalized spacial score (nSPS) is 26.6. The van der Waals surface area contributed by atoms with Gasteiger partial charge in [-0.15, -0.1) is 0 Å². The zero-order valence-electron chi connectivity index (χ0n) is 17.5. The highest BCUT2D eigenvalue weighted by Gasteiger charge is 2.56. The first-order valence-corrected chi connectivity index (χ1v) is 10.8. The number of hydrogen-bond acceptors (Lipinski definition) is 6. The molecule has 3 N–H and O–H groups in total. The Balaban J connectivity index is 1.11. The Labute approximate surface area is 177 Å². The highest BCUT2D eigenvalue weighted by molar-refractivity contribution is 5.91. The standard InChI is InChI=1S/C22H31N5O3/c1-26-10-7-16(8-11-26)30-22(29)27-13-18-17(19(18)14-27)6-9-24-21(28)5-3-15-2-4-20(23)25-12-15/h2-5,12,16-19H,6-11,13-14H2,1H3,(H2,23,25)(H,24,28)/b5-3+. The third kappa shape index (κ3) is 5.11. The molecule has 4 rings (SSSR count). The van der Waals surface area contributed by atoms with Crippen molar-refractivity contribution in [2.75, 3.05) is 45.5 Å². The van der Waals surface area contributed by atoms with Gasteiger partial charge in [-0.2, -0.15) is 0 Å². The number of nitrogens with two attached hydrogens (primary N) is 1. The van der Waals surface area contributed by atoms with Gasteiger partial charge in [0.15, 0.2) is 0 Å². The Bertz CT molecular complexity index is 776. The minimum Gasteiger partial charge on any atom is -0.446 e. The molecule has 2 saturated heterocycles. The molecule has 3 heterocycles. The summed E-state index contributed by atoms with van der Waals surface area (Å²) in [6.07, 6.45) is 7.59. The molecule has 3 aliphatic rings. The second-order valence-corrected chi connectivity index (χ2v) is 8.71. The van der Waals surface area contributed by atoms with Crippen molar-refractivity contribution in [3.63, 3.8) is 0 Å². The minimum atomic E-state index is -0.147. The maximum Gasteiger partial charge on any atom is 0.410 e. The fourth-order valence-electron chi connectivity index (χ4n) is 4.65. The first-order chi connectivity index (χ1) is 14.5. The summed E-state index contributed by atoms with van der Waals surface area (Å²) < 4.78 is 5.69. The molecule has 1 aromatic rings. The quantitative estimate of drug-likeness (QED) is 0.687. The third-order valence-corrected chi connectivity index (χ3v) is 6.58. The van der Waals surface area contributed by atoms with Crippen molar-refractivity contribution in [2.45, 2.75) is 25.4 Å². The number of hydrogen-bond donors (Lipinski definition) is 2. The van der Waals surface area contributed by atoms with Crippen molar-refractivity contribution in [3.05, 3.63) is 30.0 Å². The molecule has 1 saturated carbocycles. The summed E-state index contributed by atoms with van der Waals surface area (Å²) in [6.45, 7) is 4.21. The van der Waals surface area contributed by atoms with Crippen molar-refractivity contribution >= 4 is 23.9 Å². The monoisotopic (exact) mass is 413 g/mol. The number of fused-ring (bicyclic) bond motifs is 1. The summed E-state index contributed by atoms with van der Waals surface area (Å²) in [4.78, 5) is 32.5. The van der Waals surface area contributed by atoms with Gasteiger partial charge in [0.1, 0.15) is 11.9 Å². The van der Waals surface area contributed by atoms with Crippen LogP contribution in [-0.2, 0) is 9.53 Å². The van der Waals surface area contributed by atoms with E-state index in [1.54, 1.807) is 18.3 Å². The Hall–Kier alpha value is -2.61. The lowest BCUT2D eigenvalue weighted by Crippen LogP contribution is -2.39. The van der Waals surface area contributed by atoms with Crippen molar-refractivity contribution in [1.82, 2.24) is 20.1 Å². The number of piperidine rings is 2. The molecule has 8 nitrogen and oxygen atoms in total. The highest BCUT2D eigenvalue weighted by Crippen LogP contribution is 2.53. The molecular formula is C22H31N5O3. The van der Waals surface area contributed by atoms with E-state index in [0.29, 0.717) is 30.1 Å². The molecule has 2 atom stereocenters. The van der Waals surface area contributed by atoms with Gasteiger partial charge in [0.25, 0.3) is 0 Å². The minimum absolute atomic E-state index is 0.0636. The summed E-state index contributed by atoms with van der Waals surface area (Å²) in [5.41, 5.74) is 6.38. The zero-order chi connectivity index (χ0) is 21.1. The molecule has 0 radical (unpaired) electrons. The number of likely N-dealkylation sites (tertiary alicyclic amines) is 2. The zero-order valence-corrected chi connectivity index (χ0v) is 17.5.